The Labute approximate surface area is 160 Å². The van der Waals surface area contributed by atoms with Gasteiger partial charge in [0.25, 0.3) is 0 Å². The Bertz CT molecular complexity index is 851. The van der Waals surface area contributed by atoms with Gasteiger partial charge < -0.3 is 10.1 Å². The fourth-order valence-electron chi connectivity index (χ4n) is 2.89. The molecule has 0 saturated heterocycles. The maximum atomic E-state index is 12.9. The molecule has 1 atom stereocenters. The van der Waals surface area contributed by atoms with Crippen molar-refractivity contribution in [2.24, 2.45) is 0 Å². The zero-order valence-electron chi connectivity index (χ0n) is 15.4. The number of benzene rings is 3. The average molecular weight is 360 g/mol. The van der Waals surface area contributed by atoms with E-state index < -0.39 is 6.04 Å². The predicted octanol–water partition coefficient (Wildman–Crippen LogP) is 3.84. The standard InChI is InChI=1S/C23H24N2O2/c1-27-21-14-8-13-20(15-21)22(24-16-18-9-4-2-5-10-18)23(26)25-17-19-11-6-3-7-12-19/h2-15,22,24H,16-17H2,1H3,(H,25,26)/t22-/m0/s1. The van der Waals surface area contributed by atoms with Crippen LogP contribution in [0.25, 0.3) is 0 Å². The molecule has 0 aliphatic rings. The summed E-state index contributed by atoms with van der Waals surface area (Å²) in [5.74, 6) is 0.665. The van der Waals surface area contributed by atoms with Crippen molar-refractivity contribution in [3.63, 3.8) is 0 Å². The molecule has 1 amide bonds. The molecule has 0 heterocycles. The van der Waals surface area contributed by atoms with Crippen molar-refractivity contribution in [2.75, 3.05) is 7.11 Å². The van der Waals surface area contributed by atoms with Gasteiger partial charge in [-0.25, -0.2) is 0 Å². The van der Waals surface area contributed by atoms with Crippen LogP contribution >= 0.6 is 0 Å². The van der Waals surface area contributed by atoms with Crippen LogP contribution in [0.3, 0.4) is 0 Å². The minimum atomic E-state index is -0.469. The number of carbonyl (C=O) groups excluding carboxylic acids is 1. The number of ether oxygens (including phenoxy) is 1. The van der Waals surface area contributed by atoms with Gasteiger partial charge in [-0.1, -0.05) is 72.8 Å². The molecule has 0 radical (unpaired) electrons. The lowest BCUT2D eigenvalue weighted by Gasteiger charge is -2.20. The largest absolute Gasteiger partial charge is 0.497 e. The molecule has 3 aromatic rings. The van der Waals surface area contributed by atoms with Crippen molar-refractivity contribution in [3.05, 3.63) is 102 Å². The van der Waals surface area contributed by atoms with Crippen LogP contribution in [-0.2, 0) is 17.9 Å². The van der Waals surface area contributed by atoms with E-state index >= 15 is 0 Å². The molecule has 0 unspecified atom stereocenters. The van der Waals surface area contributed by atoms with E-state index in [0.29, 0.717) is 13.1 Å². The monoisotopic (exact) mass is 360 g/mol. The Kier molecular flexibility index (Phi) is 6.61. The van der Waals surface area contributed by atoms with E-state index in [0.717, 1.165) is 22.4 Å². The van der Waals surface area contributed by atoms with Gasteiger partial charge in [0, 0.05) is 13.1 Å². The van der Waals surface area contributed by atoms with Crippen molar-refractivity contribution >= 4 is 5.91 Å². The molecular formula is C23H24N2O2. The summed E-state index contributed by atoms with van der Waals surface area (Å²) in [5, 5.41) is 6.40. The minimum Gasteiger partial charge on any atom is -0.497 e. The van der Waals surface area contributed by atoms with E-state index in [1.165, 1.54) is 0 Å². The fraction of sp³-hybridized carbons (Fsp3) is 0.174. The highest BCUT2D eigenvalue weighted by molar-refractivity contribution is 5.83. The third-order valence-corrected chi connectivity index (χ3v) is 4.35. The summed E-state index contributed by atoms with van der Waals surface area (Å²) >= 11 is 0. The van der Waals surface area contributed by atoms with Gasteiger partial charge in [-0.05, 0) is 28.8 Å². The summed E-state index contributed by atoms with van der Waals surface area (Å²) in [7, 11) is 1.63. The maximum Gasteiger partial charge on any atom is 0.242 e. The van der Waals surface area contributed by atoms with Crippen molar-refractivity contribution in [1.82, 2.24) is 10.6 Å². The lowest BCUT2D eigenvalue weighted by atomic mass is 10.0. The number of hydrogen-bond acceptors (Lipinski definition) is 3. The van der Waals surface area contributed by atoms with E-state index in [9.17, 15) is 4.79 Å². The van der Waals surface area contributed by atoms with Crippen LogP contribution in [0.4, 0.5) is 0 Å². The highest BCUT2D eigenvalue weighted by Crippen LogP contribution is 2.20. The second kappa shape index (κ2) is 9.55. The van der Waals surface area contributed by atoms with Gasteiger partial charge in [-0.3, -0.25) is 10.1 Å². The molecule has 138 valence electrons. The quantitative estimate of drug-likeness (QED) is 0.642. The normalized spacial score (nSPS) is 11.6. The Balaban J connectivity index is 1.74. The van der Waals surface area contributed by atoms with Crippen LogP contribution < -0.4 is 15.4 Å². The van der Waals surface area contributed by atoms with Crippen molar-refractivity contribution in [1.29, 1.82) is 0 Å². The lowest BCUT2D eigenvalue weighted by molar-refractivity contribution is -0.123. The highest BCUT2D eigenvalue weighted by Gasteiger charge is 2.20. The van der Waals surface area contributed by atoms with Crippen molar-refractivity contribution < 1.29 is 9.53 Å². The van der Waals surface area contributed by atoms with Crippen LogP contribution in [0, 0.1) is 0 Å². The van der Waals surface area contributed by atoms with Gasteiger partial charge in [-0.2, -0.15) is 0 Å². The zero-order chi connectivity index (χ0) is 18.9. The van der Waals surface area contributed by atoms with Crippen molar-refractivity contribution in [3.8, 4) is 5.75 Å². The molecule has 27 heavy (non-hydrogen) atoms. The molecule has 0 aliphatic carbocycles. The van der Waals surface area contributed by atoms with E-state index in [4.69, 9.17) is 4.74 Å². The first kappa shape index (κ1) is 18.7. The SMILES string of the molecule is COc1cccc([C@H](NCc2ccccc2)C(=O)NCc2ccccc2)c1. The molecule has 4 nitrogen and oxygen atoms in total. The van der Waals surface area contributed by atoms with Crippen LogP contribution in [0.2, 0.25) is 0 Å². The van der Waals surface area contributed by atoms with E-state index in [-0.39, 0.29) is 5.91 Å². The second-order valence-corrected chi connectivity index (χ2v) is 6.28. The average Bonchev–Trinajstić information content (AvgIpc) is 2.74. The number of carbonyl (C=O) groups is 1. The van der Waals surface area contributed by atoms with E-state index in [2.05, 4.69) is 10.6 Å². The Morgan fingerprint density at radius 3 is 2.11 bits per heavy atom. The fourth-order valence-corrected chi connectivity index (χ4v) is 2.89. The molecule has 3 rings (SSSR count). The molecular weight excluding hydrogens is 336 g/mol. The summed E-state index contributed by atoms with van der Waals surface area (Å²) in [5.41, 5.74) is 3.07. The summed E-state index contributed by atoms with van der Waals surface area (Å²) < 4.78 is 5.32. The topological polar surface area (TPSA) is 50.4 Å². The summed E-state index contributed by atoms with van der Waals surface area (Å²) in [4.78, 5) is 12.9. The molecule has 0 fully saturated rings. The Hall–Kier alpha value is -3.11. The third kappa shape index (κ3) is 5.43. The van der Waals surface area contributed by atoms with Gasteiger partial charge in [0.2, 0.25) is 5.91 Å². The van der Waals surface area contributed by atoms with E-state index in [1.54, 1.807) is 7.11 Å². The second-order valence-electron chi connectivity index (χ2n) is 6.28. The van der Waals surface area contributed by atoms with Gasteiger partial charge in [-0.15, -0.1) is 0 Å². The van der Waals surface area contributed by atoms with Crippen LogP contribution in [-0.4, -0.2) is 13.0 Å². The third-order valence-electron chi connectivity index (χ3n) is 4.35. The Morgan fingerprint density at radius 2 is 1.48 bits per heavy atom. The molecule has 3 aromatic carbocycles. The van der Waals surface area contributed by atoms with Gasteiger partial charge >= 0.3 is 0 Å². The number of rotatable bonds is 8. The number of amides is 1. The first-order chi connectivity index (χ1) is 13.3. The van der Waals surface area contributed by atoms with Gasteiger partial charge in [0.1, 0.15) is 11.8 Å². The number of methoxy groups -OCH3 is 1. The smallest absolute Gasteiger partial charge is 0.242 e. The number of hydrogen-bond donors (Lipinski definition) is 2. The summed E-state index contributed by atoms with van der Waals surface area (Å²) in [6.07, 6.45) is 0. The molecule has 0 aromatic heterocycles. The van der Waals surface area contributed by atoms with Crippen molar-refractivity contribution in [2.45, 2.75) is 19.1 Å². The first-order valence-electron chi connectivity index (χ1n) is 8.99. The molecule has 0 saturated carbocycles. The van der Waals surface area contributed by atoms with Gasteiger partial charge in [0.05, 0.1) is 7.11 Å². The molecule has 2 N–H and O–H groups in total. The molecule has 0 bridgehead atoms. The zero-order valence-corrected chi connectivity index (χ0v) is 15.4. The molecule has 4 heteroatoms. The van der Waals surface area contributed by atoms with Gasteiger partial charge in [0.15, 0.2) is 0 Å². The lowest BCUT2D eigenvalue weighted by Crippen LogP contribution is -2.37. The predicted molar refractivity (Wildman–Crippen MR) is 107 cm³/mol. The minimum absolute atomic E-state index is 0.0666. The van der Waals surface area contributed by atoms with E-state index in [1.807, 2.05) is 84.9 Å². The first-order valence-corrected chi connectivity index (χ1v) is 8.99. The summed E-state index contributed by atoms with van der Waals surface area (Å²) in [6.45, 7) is 1.09. The maximum absolute atomic E-state index is 12.9. The highest BCUT2D eigenvalue weighted by atomic mass is 16.5. The number of nitrogens with one attached hydrogen (secondary N) is 2. The van der Waals surface area contributed by atoms with Crippen LogP contribution in [0.1, 0.15) is 22.7 Å². The summed E-state index contributed by atoms with van der Waals surface area (Å²) in [6, 6.07) is 27.1. The molecule has 0 aliphatic heterocycles. The molecule has 0 spiro atoms. The Morgan fingerprint density at radius 1 is 0.852 bits per heavy atom. The van der Waals surface area contributed by atoms with Crippen LogP contribution in [0.15, 0.2) is 84.9 Å². The van der Waals surface area contributed by atoms with Crippen LogP contribution in [0.5, 0.6) is 5.75 Å².